The Bertz CT molecular complexity index is 489. The van der Waals surface area contributed by atoms with Crippen molar-refractivity contribution in [1.82, 2.24) is 15.5 Å². The molecule has 0 radical (unpaired) electrons. The van der Waals surface area contributed by atoms with Gasteiger partial charge in [-0.3, -0.25) is 5.10 Å². The molecule has 1 aromatic carbocycles. The van der Waals surface area contributed by atoms with Gasteiger partial charge in [0.25, 0.3) is 0 Å². The van der Waals surface area contributed by atoms with E-state index in [0.29, 0.717) is 6.04 Å². The van der Waals surface area contributed by atoms with E-state index in [9.17, 15) is 0 Å². The van der Waals surface area contributed by atoms with E-state index >= 15 is 0 Å². The summed E-state index contributed by atoms with van der Waals surface area (Å²) in [5.74, 6) is 0.835. The Kier molecular flexibility index (Phi) is 2.69. The smallest absolute Gasteiger partial charge is 0.0695 e. The Balaban J connectivity index is 1.75. The van der Waals surface area contributed by atoms with Gasteiger partial charge in [0, 0.05) is 18.2 Å². The lowest BCUT2D eigenvalue weighted by Gasteiger charge is -2.04. The lowest BCUT2D eigenvalue weighted by Crippen LogP contribution is -2.17. The van der Waals surface area contributed by atoms with Crippen molar-refractivity contribution in [2.24, 2.45) is 5.92 Å². The number of hydrogen-bond acceptors (Lipinski definition) is 2. The molecule has 3 heteroatoms. The zero-order valence-corrected chi connectivity index (χ0v) is 9.98. The minimum atomic E-state index is 0.702. The van der Waals surface area contributed by atoms with Crippen LogP contribution >= 0.6 is 0 Å². The molecule has 1 fully saturated rings. The van der Waals surface area contributed by atoms with E-state index in [1.54, 1.807) is 0 Å². The molecule has 3 nitrogen and oxygen atoms in total. The summed E-state index contributed by atoms with van der Waals surface area (Å²) in [4.78, 5) is 0. The van der Waals surface area contributed by atoms with Crippen LogP contribution in [0.2, 0.25) is 0 Å². The second kappa shape index (κ2) is 4.34. The number of aromatic amines is 1. The van der Waals surface area contributed by atoms with Crippen molar-refractivity contribution >= 4 is 0 Å². The predicted octanol–water partition coefficient (Wildman–Crippen LogP) is 2.57. The van der Waals surface area contributed by atoms with Gasteiger partial charge in [-0.05, 0) is 17.9 Å². The molecule has 3 rings (SSSR count). The predicted molar refractivity (Wildman–Crippen MR) is 68.4 cm³/mol. The van der Waals surface area contributed by atoms with Gasteiger partial charge in [0.1, 0.15) is 0 Å². The van der Waals surface area contributed by atoms with Crippen LogP contribution in [0, 0.1) is 5.92 Å². The van der Waals surface area contributed by atoms with Crippen LogP contribution in [0.25, 0.3) is 11.3 Å². The van der Waals surface area contributed by atoms with Gasteiger partial charge in [0.15, 0.2) is 0 Å². The number of nitrogens with zero attached hydrogens (tertiary/aromatic N) is 1. The fourth-order valence-electron chi connectivity index (χ4n) is 2.15. The van der Waals surface area contributed by atoms with Crippen molar-refractivity contribution in [3.8, 4) is 11.3 Å². The maximum Gasteiger partial charge on any atom is 0.0695 e. The van der Waals surface area contributed by atoms with Gasteiger partial charge < -0.3 is 5.32 Å². The summed E-state index contributed by atoms with van der Waals surface area (Å²) in [5, 5.41) is 10.8. The molecule has 2 atom stereocenters. The van der Waals surface area contributed by atoms with Gasteiger partial charge >= 0.3 is 0 Å². The molecule has 1 aromatic heterocycles. The number of benzene rings is 1. The van der Waals surface area contributed by atoms with Crippen molar-refractivity contribution in [3.05, 3.63) is 42.1 Å². The van der Waals surface area contributed by atoms with Gasteiger partial charge in [-0.1, -0.05) is 37.3 Å². The zero-order chi connectivity index (χ0) is 11.7. The Hall–Kier alpha value is -1.61. The lowest BCUT2D eigenvalue weighted by molar-refractivity contribution is 0.653. The molecule has 17 heavy (non-hydrogen) atoms. The average molecular weight is 227 g/mol. The van der Waals surface area contributed by atoms with Gasteiger partial charge in [-0.2, -0.15) is 5.10 Å². The normalized spacial score (nSPS) is 22.6. The maximum atomic E-state index is 4.15. The fraction of sp³-hybridized carbons (Fsp3) is 0.357. The standard InChI is InChI=1S/C14H17N3/c1-10-7-13(10)15-8-12-9-16-17-14(12)11-5-3-2-4-6-11/h2-6,9-10,13,15H,7-8H2,1H3,(H,16,17). The van der Waals surface area contributed by atoms with Crippen LogP contribution in [-0.2, 0) is 6.54 Å². The first-order chi connectivity index (χ1) is 8.34. The van der Waals surface area contributed by atoms with E-state index < -0.39 is 0 Å². The monoisotopic (exact) mass is 227 g/mol. The van der Waals surface area contributed by atoms with Crippen LogP contribution in [0.5, 0.6) is 0 Å². The van der Waals surface area contributed by atoms with Crippen LogP contribution < -0.4 is 5.32 Å². The highest BCUT2D eigenvalue weighted by Gasteiger charge is 2.31. The van der Waals surface area contributed by atoms with Gasteiger partial charge in [0.2, 0.25) is 0 Å². The number of rotatable bonds is 4. The first-order valence-corrected chi connectivity index (χ1v) is 6.15. The largest absolute Gasteiger partial charge is 0.310 e. The highest BCUT2D eigenvalue weighted by Crippen LogP contribution is 2.30. The maximum absolute atomic E-state index is 4.15. The summed E-state index contributed by atoms with van der Waals surface area (Å²) in [7, 11) is 0. The molecule has 0 saturated heterocycles. The van der Waals surface area contributed by atoms with E-state index in [4.69, 9.17) is 0 Å². The molecule has 2 unspecified atom stereocenters. The minimum Gasteiger partial charge on any atom is -0.310 e. The van der Waals surface area contributed by atoms with Gasteiger partial charge in [-0.25, -0.2) is 0 Å². The first-order valence-electron chi connectivity index (χ1n) is 6.15. The molecule has 2 aromatic rings. The highest BCUT2D eigenvalue weighted by molar-refractivity contribution is 5.62. The Morgan fingerprint density at radius 1 is 1.35 bits per heavy atom. The van der Waals surface area contributed by atoms with Crippen molar-refractivity contribution < 1.29 is 0 Å². The molecule has 88 valence electrons. The summed E-state index contributed by atoms with van der Waals surface area (Å²) in [6.45, 7) is 3.18. The van der Waals surface area contributed by atoms with E-state index in [2.05, 4.69) is 46.7 Å². The first kappa shape index (κ1) is 10.5. The summed E-state index contributed by atoms with van der Waals surface area (Å²) in [6.07, 6.45) is 3.22. The van der Waals surface area contributed by atoms with Crippen LogP contribution in [-0.4, -0.2) is 16.2 Å². The Morgan fingerprint density at radius 2 is 2.12 bits per heavy atom. The third kappa shape index (κ3) is 2.24. The number of aromatic nitrogens is 2. The molecule has 0 aliphatic heterocycles. The molecule has 0 bridgehead atoms. The number of H-pyrrole nitrogens is 1. The van der Waals surface area contributed by atoms with Crippen LogP contribution in [0.3, 0.4) is 0 Å². The molecular formula is C14H17N3. The third-order valence-electron chi connectivity index (χ3n) is 3.44. The molecular weight excluding hydrogens is 210 g/mol. The minimum absolute atomic E-state index is 0.702. The SMILES string of the molecule is CC1CC1NCc1cn[nH]c1-c1ccccc1. The summed E-state index contributed by atoms with van der Waals surface area (Å²) in [5.41, 5.74) is 3.58. The molecule has 1 saturated carbocycles. The van der Waals surface area contributed by atoms with Crippen molar-refractivity contribution in [1.29, 1.82) is 0 Å². The van der Waals surface area contributed by atoms with E-state index in [0.717, 1.165) is 18.2 Å². The molecule has 1 aliphatic carbocycles. The van der Waals surface area contributed by atoms with E-state index in [1.807, 2.05) is 12.3 Å². The van der Waals surface area contributed by atoms with Gasteiger partial charge in [-0.15, -0.1) is 0 Å². The number of hydrogen-bond donors (Lipinski definition) is 2. The molecule has 2 N–H and O–H groups in total. The summed E-state index contributed by atoms with van der Waals surface area (Å²) >= 11 is 0. The van der Waals surface area contributed by atoms with Gasteiger partial charge in [0.05, 0.1) is 11.9 Å². The van der Waals surface area contributed by atoms with E-state index in [-0.39, 0.29) is 0 Å². The number of nitrogens with one attached hydrogen (secondary N) is 2. The highest BCUT2D eigenvalue weighted by atomic mass is 15.1. The molecule has 1 heterocycles. The third-order valence-corrected chi connectivity index (χ3v) is 3.44. The molecule has 0 amide bonds. The zero-order valence-electron chi connectivity index (χ0n) is 9.98. The quantitative estimate of drug-likeness (QED) is 0.842. The van der Waals surface area contributed by atoms with Crippen LogP contribution in [0.1, 0.15) is 18.9 Å². The summed E-state index contributed by atoms with van der Waals surface area (Å²) in [6, 6.07) is 11.1. The fourth-order valence-corrected chi connectivity index (χ4v) is 2.15. The molecule has 1 aliphatic rings. The Labute approximate surface area is 101 Å². The second-order valence-electron chi connectivity index (χ2n) is 4.84. The van der Waals surface area contributed by atoms with E-state index in [1.165, 1.54) is 17.5 Å². The lowest BCUT2D eigenvalue weighted by atomic mass is 10.1. The second-order valence-corrected chi connectivity index (χ2v) is 4.84. The summed E-state index contributed by atoms with van der Waals surface area (Å²) < 4.78 is 0. The molecule has 0 spiro atoms. The average Bonchev–Trinajstić information content (AvgIpc) is 2.90. The van der Waals surface area contributed by atoms with Crippen LogP contribution in [0.4, 0.5) is 0 Å². The topological polar surface area (TPSA) is 40.7 Å². The van der Waals surface area contributed by atoms with Crippen LogP contribution in [0.15, 0.2) is 36.5 Å². The van der Waals surface area contributed by atoms with Crippen molar-refractivity contribution in [2.45, 2.75) is 25.9 Å². The Morgan fingerprint density at radius 3 is 2.82 bits per heavy atom. The van der Waals surface area contributed by atoms with Crippen molar-refractivity contribution in [2.75, 3.05) is 0 Å². The van der Waals surface area contributed by atoms with Crippen molar-refractivity contribution in [3.63, 3.8) is 0 Å².